The van der Waals surface area contributed by atoms with Gasteiger partial charge in [0.25, 0.3) is 0 Å². The van der Waals surface area contributed by atoms with Crippen LogP contribution < -0.4 is 10.2 Å². The van der Waals surface area contributed by atoms with E-state index in [0.717, 1.165) is 15.3 Å². The summed E-state index contributed by atoms with van der Waals surface area (Å²) in [4.78, 5) is 10.9. The minimum absolute atomic E-state index is 0.0132. The van der Waals surface area contributed by atoms with Crippen LogP contribution in [0.5, 0.6) is 0 Å². The predicted octanol–water partition coefficient (Wildman–Crippen LogP) is 1.85. The summed E-state index contributed by atoms with van der Waals surface area (Å²) in [7, 11) is 0. The van der Waals surface area contributed by atoms with Gasteiger partial charge in [0.2, 0.25) is 5.96 Å². The quantitative estimate of drug-likeness (QED) is 0.900. The van der Waals surface area contributed by atoms with E-state index in [1.165, 1.54) is 0 Å². The Morgan fingerprint density at radius 1 is 1.41 bits per heavy atom. The Bertz CT molecular complexity index is 728. The number of para-hydroxylation sites is 1. The number of rotatable bonds is 4. The highest BCUT2D eigenvalue weighted by Crippen LogP contribution is 2.31. The van der Waals surface area contributed by atoms with E-state index >= 15 is 0 Å². The molecule has 1 aromatic heterocycles. The molecule has 1 aliphatic rings. The fourth-order valence-corrected chi connectivity index (χ4v) is 3.29. The number of nitrogens with one attached hydrogen (secondary N) is 1. The molecule has 1 aromatic carbocycles. The number of nitriles is 1. The van der Waals surface area contributed by atoms with Crippen LogP contribution in [0.1, 0.15) is 6.42 Å². The van der Waals surface area contributed by atoms with E-state index in [2.05, 4.69) is 21.4 Å². The zero-order valence-electron chi connectivity index (χ0n) is 11.8. The minimum atomic E-state index is -0.121. The van der Waals surface area contributed by atoms with E-state index < -0.39 is 0 Å². The lowest BCUT2D eigenvalue weighted by atomic mass is 10.2. The van der Waals surface area contributed by atoms with Crippen LogP contribution >= 0.6 is 11.3 Å². The Morgan fingerprint density at radius 2 is 2.27 bits per heavy atom. The van der Waals surface area contributed by atoms with E-state index in [9.17, 15) is 0 Å². The normalized spacial score (nSPS) is 17.4. The molecule has 2 aromatic rings. The van der Waals surface area contributed by atoms with Crippen molar-refractivity contribution in [2.75, 3.05) is 18.1 Å². The number of aliphatic hydroxyl groups excluding tert-OH is 1. The topological polar surface area (TPSA) is 84.5 Å². The average molecular weight is 313 g/mol. The van der Waals surface area contributed by atoms with Crippen molar-refractivity contribution in [2.24, 2.45) is 4.99 Å². The number of thiazole rings is 1. The van der Waals surface area contributed by atoms with Crippen LogP contribution in [0.15, 0.2) is 41.5 Å². The van der Waals surface area contributed by atoms with Gasteiger partial charge < -0.3 is 10.4 Å². The van der Waals surface area contributed by atoms with Crippen molar-refractivity contribution < 1.29 is 5.11 Å². The van der Waals surface area contributed by atoms with Gasteiger partial charge in [-0.3, -0.25) is 4.90 Å². The molecule has 1 atom stereocenters. The number of hydrogen-bond acceptors (Lipinski definition) is 7. The fourth-order valence-electron chi connectivity index (χ4n) is 2.27. The number of fused-ring (bicyclic) bond motifs is 1. The molecule has 6 nitrogen and oxygen atoms in total. The zero-order chi connectivity index (χ0) is 15.4. The van der Waals surface area contributed by atoms with Gasteiger partial charge in [-0.05, 0) is 18.2 Å². The number of aliphatic imine (C=N–C) groups is 1. The van der Waals surface area contributed by atoms with Crippen LogP contribution in [0.4, 0.5) is 5.13 Å². The highest BCUT2D eigenvalue weighted by molar-refractivity contribution is 7.22. The van der Waals surface area contributed by atoms with E-state index in [1.54, 1.807) is 17.5 Å². The van der Waals surface area contributed by atoms with Crippen LogP contribution in [-0.4, -0.2) is 35.2 Å². The van der Waals surface area contributed by atoms with Crippen LogP contribution in [0.3, 0.4) is 0 Å². The molecule has 0 bridgehead atoms. The Balaban J connectivity index is 1.99. The Hall–Kier alpha value is -2.43. The molecule has 0 amide bonds. The molecule has 1 aliphatic heterocycles. The van der Waals surface area contributed by atoms with E-state index in [1.807, 2.05) is 35.2 Å². The molecule has 0 radical (unpaired) electrons. The summed E-state index contributed by atoms with van der Waals surface area (Å²) < 4.78 is 1.09. The maximum atomic E-state index is 9.06. The van der Waals surface area contributed by atoms with Crippen LogP contribution in [0.25, 0.3) is 10.2 Å². The van der Waals surface area contributed by atoms with Crippen molar-refractivity contribution in [3.05, 3.63) is 36.5 Å². The van der Waals surface area contributed by atoms with Crippen molar-refractivity contribution in [1.29, 1.82) is 5.26 Å². The average Bonchev–Trinajstić information content (AvgIpc) is 2.96. The predicted molar refractivity (Wildman–Crippen MR) is 87.8 cm³/mol. The molecular weight excluding hydrogens is 298 g/mol. The Labute approximate surface area is 132 Å². The molecule has 22 heavy (non-hydrogen) atoms. The molecule has 3 rings (SSSR count). The summed E-state index contributed by atoms with van der Waals surface area (Å²) >= 11 is 1.56. The fraction of sp³-hybridized carbons (Fsp3) is 0.267. The van der Waals surface area contributed by atoms with Gasteiger partial charge in [-0.2, -0.15) is 5.26 Å². The van der Waals surface area contributed by atoms with E-state index in [0.29, 0.717) is 18.9 Å². The first kappa shape index (κ1) is 14.5. The van der Waals surface area contributed by atoms with Gasteiger partial charge in [-0.15, -0.1) is 0 Å². The van der Waals surface area contributed by atoms with Crippen LogP contribution in [-0.2, 0) is 0 Å². The first-order chi connectivity index (χ1) is 10.8. The Morgan fingerprint density at radius 3 is 3.05 bits per heavy atom. The van der Waals surface area contributed by atoms with E-state index in [-0.39, 0.29) is 12.6 Å². The monoisotopic (exact) mass is 313 g/mol. The van der Waals surface area contributed by atoms with Gasteiger partial charge in [-0.25, -0.2) is 9.98 Å². The maximum Gasteiger partial charge on any atom is 0.205 e. The highest BCUT2D eigenvalue weighted by atomic mass is 32.1. The van der Waals surface area contributed by atoms with Crippen molar-refractivity contribution in [2.45, 2.75) is 12.5 Å². The lowest BCUT2D eigenvalue weighted by molar-refractivity contribution is 0.300. The summed E-state index contributed by atoms with van der Waals surface area (Å²) in [6, 6.07) is 9.99. The van der Waals surface area contributed by atoms with Crippen molar-refractivity contribution >= 4 is 32.6 Å². The molecule has 0 fully saturated rings. The highest BCUT2D eigenvalue weighted by Gasteiger charge is 2.26. The van der Waals surface area contributed by atoms with Crippen LogP contribution in [0, 0.1) is 11.3 Å². The van der Waals surface area contributed by atoms with Gasteiger partial charge in [0.05, 0.1) is 35.4 Å². The van der Waals surface area contributed by atoms with Crippen molar-refractivity contribution in [3.63, 3.8) is 0 Å². The third kappa shape index (κ3) is 2.79. The first-order valence-corrected chi connectivity index (χ1v) is 7.76. The number of hydrogen-bond donors (Lipinski definition) is 2. The summed E-state index contributed by atoms with van der Waals surface area (Å²) in [5.74, 6) is 0.607. The minimum Gasteiger partial charge on any atom is -0.395 e. The first-order valence-electron chi connectivity index (χ1n) is 6.94. The van der Waals surface area contributed by atoms with Gasteiger partial charge in [0.1, 0.15) is 0 Å². The molecule has 112 valence electrons. The molecule has 0 saturated heterocycles. The summed E-state index contributed by atoms with van der Waals surface area (Å²) in [5.41, 5.74) is 0.925. The molecule has 2 heterocycles. The molecule has 0 saturated carbocycles. The largest absolute Gasteiger partial charge is 0.395 e. The van der Waals surface area contributed by atoms with Crippen molar-refractivity contribution in [1.82, 2.24) is 10.3 Å². The summed E-state index contributed by atoms with van der Waals surface area (Å²) in [6.45, 7) is 0.409. The van der Waals surface area contributed by atoms with E-state index in [4.69, 9.17) is 10.4 Å². The number of benzene rings is 1. The number of guanidine groups is 1. The van der Waals surface area contributed by atoms with Crippen LogP contribution in [0.2, 0.25) is 0 Å². The molecule has 7 heteroatoms. The summed E-state index contributed by atoms with van der Waals surface area (Å²) in [5, 5.41) is 21.9. The number of aromatic nitrogens is 1. The Kier molecular flexibility index (Phi) is 4.32. The van der Waals surface area contributed by atoms with Gasteiger partial charge in [0.15, 0.2) is 5.13 Å². The molecule has 2 N–H and O–H groups in total. The maximum absolute atomic E-state index is 9.06. The molecular formula is C15H15N5OS. The SMILES string of the molecule is N#CCC1C=CN=C(NCCO)N1c1nc2ccccc2s1. The second-order valence-electron chi connectivity index (χ2n) is 4.71. The van der Waals surface area contributed by atoms with Gasteiger partial charge in [-0.1, -0.05) is 23.5 Å². The van der Waals surface area contributed by atoms with Gasteiger partial charge >= 0.3 is 0 Å². The zero-order valence-corrected chi connectivity index (χ0v) is 12.6. The van der Waals surface area contributed by atoms with Crippen molar-refractivity contribution in [3.8, 4) is 6.07 Å². The third-order valence-corrected chi connectivity index (χ3v) is 4.28. The third-order valence-electron chi connectivity index (χ3n) is 3.25. The second kappa shape index (κ2) is 6.56. The lowest BCUT2D eigenvalue weighted by Gasteiger charge is -2.31. The second-order valence-corrected chi connectivity index (χ2v) is 5.72. The number of anilines is 1. The lowest BCUT2D eigenvalue weighted by Crippen LogP contribution is -2.48. The molecule has 0 aliphatic carbocycles. The summed E-state index contributed by atoms with van der Waals surface area (Å²) in [6.07, 6.45) is 3.91. The number of nitrogens with zero attached hydrogens (tertiary/aromatic N) is 4. The smallest absolute Gasteiger partial charge is 0.205 e. The molecule has 1 unspecified atom stereocenters. The van der Waals surface area contributed by atoms with Gasteiger partial charge in [0, 0.05) is 12.7 Å². The number of aliphatic hydroxyl groups is 1. The molecule has 0 spiro atoms. The standard InChI is InChI=1S/C15H15N5OS/c16-7-5-11-6-8-17-14(18-9-10-21)20(11)15-19-12-3-1-2-4-13(12)22-15/h1-4,6,8,11,21H,5,9-10H2,(H,17,18).